The highest BCUT2D eigenvalue weighted by Gasteiger charge is 2.29. The number of likely N-dealkylation sites (tertiary alicyclic amines) is 1. The minimum absolute atomic E-state index is 0.172. The number of carbonyl (C=O) groups is 1. The van der Waals surface area contributed by atoms with Crippen LogP contribution in [-0.4, -0.2) is 50.0 Å². The van der Waals surface area contributed by atoms with E-state index < -0.39 is 0 Å². The van der Waals surface area contributed by atoms with Crippen LogP contribution in [0.2, 0.25) is 0 Å². The van der Waals surface area contributed by atoms with Crippen molar-refractivity contribution in [1.82, 2.24) is 19.7 Å². The molecule has 2 heterocycles. The van der Waals surface area contributed by atoms with Gasteiger partial charge in [0.05, 0.1) is 12.4 Å². The van der Waals surface area contributed by atoms with Gasteiger partial charge >= 0.3 is 0 Å². The third-order valence-corrected chi connectivity index (χ3v) is 7.03. The van der Waals surface area contributed by atoms with E-state index in [-0.39, 0.29) is 5.91 Å². The summed E-state index contributed by atoms with van der Waals surface area (Å²) in [7, 11) is 0. The maximum absolute atomic E-state index is 13.1. The van der Waals surface area contributed by atoms with Gasteiger partial charge in [-0.25, -0.2) is 0 Å². The molecule has 6 nitrogen and oxygen atoms in total. The highest BCUT2D eigenvalue weighted by molar-refractivity contribution is 7.99. The average molecular weight is 465 g/mol. The molecular formula is C26H32N4O2S. The normalized spacial score (nSPS) is 18.3. The van der Waals surface area contributed by atoms with Gasteiger partial charge in [0.15, 0.2) is 5.16 Å². The molecule has 0 radical (unpaired) electrons. The van der Waals surface area contributed by atoms with E-state index in [4.69, 9.17) is 4.74 Å². The third kappa shape index (κ3) is 5.58. The Labute approximate surface area is 200 Å². The van der Waals surface area contributed by atoms with Gasteiger partial charge in [-0.3, -0.25) is 9.36 Å². The highest BCUT2D eigenvalue weighted by atomic mass is 32.2. The quantitative estimate of drug-likeness (QED) is 0.432. The van der Waals surface area contributed by atoms with Crippen molar-refractivity contribution in [3.8, 4) is 11.4 Å². The minimum Gasteiger partial charge on any atom is -0.494 e. The van der Waals surface area contributed by atoms with Crippen molar-refractivity contribution >= 4 is 17.7 Å². The van der Waals surface area contributed by atoms with Gasteiger partial charge in [-0.1, -0.05) is 42.1 Å². The lowest BCUT2D eigenvalue weighted by Crippen LogP contribution is -2.48. The van der Waals surface area contributed by atoms with Gasteiger partial charge in [0.2, 0.25) is 5.91 Å². The van der Waals surface area contributed by atoms with Crippen molar-refractivity contribution in [1.29, 1.82) is 0 Å². The molecule has 0 unspecified atom stereocenters. The van der Waals surface area contributed by atoms with Crippen LogP contribution in [0.15, 0.2) is 59.8 Å². The number of benzene rings is 2. The molecule has 0 saturated carbocycles. The highest BCUT2D eigenvalue weighted by Crippen LogP contribution is 2.28. The first-order valence-electron chi connectivity index (χ1n) is 11.7. The molecule has 2 atom stereocenters. The lowest BCUT2D eigenvalue weighted by atomic mass is 9.98. The smallest absolute Gasteiger partial charge is 0.233 e. The fourth-order valence-electron chi connectivity index (χ4n) is 4.52. The molecule has 3 aromatic rings. The summed E-state index contributed by atoms with van der Waals surface area (Å²) in [5, 5.41) is 9.71. The molecule has 1 saturated heterocycles. The standard InChI is InChI=1S/C26H32N4O2S/c1-4-32-23-15-13-22(14-16-23)30-24(17-21-11-6-5-7-12-21)27-28-26(30)33-18-25(31)29-19(2)9-8-10-20(29)3/h5-7,11-16,19-20H,4,8-10,17-18H2,1-3H3/t19-,20+. The Bertz CT molecular complexity index is 1040. The summed E-state index contributed by atoms with van der Waals surface area (Å²) in [5.41, 5.74) is 2.13. The first-order chi connectivity index (χ1) is 16.1. The van der Waals surface area contributed by atoms with Gasteiger partial charge in [0.25, 0.3) is 0 Å². The Kier molecular flexibility index (Phi) is 7.70. The molecule has 1 aliphatic heterocycles. The van der Waals surface area contributed by atoms with Crippen LogP contribution in [-0.2, 0) is 11.2 Å². The van der Waals surface area contributed by atoms with Gasteiger partial charge in [0, 0.05) is 24.2 Å². The molecule has 2 aromatic carbocycles. The molecule has 1 amide bonds. The number of nitrogens with zero attached hydrogens (tertiary/aromatic N) is 4. The summed E-state index contributed by atoms with van der Waals surface area (Å²) in [6.07, 6.45) is 4.00. The molecule has 7 heteroatoms. The number of rotatable bonds is 8. The van der Waals surface area contributed by atoms with E-state index in [0.717, 1.165) is 35.3 Å². The zero-order valence-electron chi connectivity index (χ0n) is 19.6. The predicted octanol–water partition coefficient (Wildman–Crippen LogP) is 5.14. The van der Waals surface area contributed by atoms with E-state index in [1.165, 1.54) is 23.7 Å². The molecule has 1 fully saturated rings. The Morgan fingerprint density at radius 3 is 2.39 bits per heavy atom. The number of carbonyl (C=O) groups excluding carboxylic acids is 1. The number of ether oxygens (including phenoxy) is 1. The van der Waals surface area contributed by atoms with Gasteiger partial charge in [-0.2, -0.15) is 0 Å². The van der Waals surface area contributed by atoms with Gasteiger partial charge < -0.3 is 9.64 Å². The van der Waals surface area contributed by atoms with Crippen molar-refractivity contribution in [3.05, 3.63) is 66.0 Å². The molecule has 33 heavy (non-hydrogen) atoms. The largest absolute Gasteiger partial charge is 0.494 e. The van der Waals surface area contributed by atoms with Crippen LogP contribution in [0, 0.1) is 0 Å². The van der Waals surface area contributed by atoms with Crippen molar-refractivity contribution in [2.45, 2.75) is 63.7 Å². The van der Waals surface area contributed by atoms with E-state index >= 15 is 0 Å². The zero-order valence-corrected chi connectivity index (χ0v) is 20.4. The first-order valence-corrected chi connectivity index (χ1v) is 12.7. The van der Waals surface area contributed by atoms with Crippen molar-refractivity contribution in [3.63, 3.8) is 0 Å². The van der Waals surface area contributed by atoms with Crippen LogP contribution in [0.1, 0.15) is 51.4 Å². The number of hydrogen-bond acceptors (Lipinski definition) is 5. The fraction of sp³-hybridized carbons (Fsp3) is 0.423. The second-order valence-corrected chi connectivity index (χ2v) is 9.48. The zero-order chi connectivity index (χ0) is 23.2. The monoisotopic (exact) mass is 464 g/mol. The SMILES string of the molecule is CCOc1ccc(-n2c(Cc3ccccc3)nnc2SCC(=O)N2[C@H](C)CCC[C@@H]2C)cc1. The molecular weight excluding hydrogens is 432 g/mol. The Balaban J connectivity index is 1.58. The van der Waals surface area contributed by atoms with Crippen LogP contribution in [0.25, 0.3) is 5.69 Å². The fourth-order valence-corrected chi connectivity index (χ4v) is 5.36. The van der Waals surface area contributed by atoms with Gasteiger partial charge in [0.1, 0.15) is 11.6 Å². The first kappa shape index (κ1) is 23.4. The summed E-state index contributed by atoms with van der Waals surface area (Å²) in [4.78, 5) is 15.1. The lowest BCUT2D eigenvalue weighted by Gasteiger charge is -2.39. The minimum atomic E-state index is 0.172. The maximum Gasteiger partial charge on any atom is 0.233 e. The summed E-state index contributed by atoms with van der Waals surface area (Å²) in [6.45, 7) is 6.90. The summed E-state index contributed by atoms with van der Waals surface area (Å²) < 4.78 is 7.66. The Hall–Kier alpha value is -2.80. The van der Waals surface area contributed by atoms with Crippen molar-refractivity contribution < 1.29 is 9.53 Å². The van der Waals surface area contributed by atoms with E-state index in [2.05, 4.69) is 45.6 Å². The van der Waals surface area contributed by atoms with Crippen LogP contribution in [0.5, 0.6) is 5.75 Å². The molecule has 4 rings (SSSR count). The maximum atomic E-state index is 13.1. The second-order valence-electron chi connectivity index (χ2n) is 8.54. The Morgan fingerprint density at radius 2 is 1.73 bits per heavy atom. The summed E-state index contributed by atoms with van der Waals surface area (Å²) >= 11 is 1.46. The molecule has 174 valence electrons. The van der Waals surface area contributed by atoms with Crippen LogP contribution < -0.4 is 4.74 Å². The van der Waals surface area contributed by atoms with E-state index in [9.17, 15) is 4.79 Å². The molecule has 1 aromatic heterocycles. The van der Waals surface area contributed by atoms with Gasteiger partial charge in [-0.15, -0.1) is 10.2 Å². The number of aromatic nitrogens is 3. The van der Waals surface area contributed by atoms with Crippen LogP contribution in [0.3, 0.4) is 0 Å². The molecule has 0 N–H and O–H groups in total. The van der Waals surface area contributed by atoms with Crippen molar-refractivity contribution in [2.75, 3.05) is 12.4 Å². The topological polar surface area (TPSA) is 60.2 Å². The average Bonchev–Trinajstić information content (AvgIpc) is 3.21. The Morgan fingerprint density at radius 1 is 1.03 bits per heavy atom. The molecule has 1 aliphatic rings. The molecule has 0 bridgehead atoms. The van der Waals surface area contributed by atoms with Gasteiger partial charge in [-0.05, 0) is 69.9 Å². The summed E-state index contributed by atoms with van der Waals surface area (Å²) in [5.74, 6) is 2.21. The summed E-state index contributed by atoms with van der Waals surface area (Å²) in [6, 6.07) is 18.8. The van der Waals surface area contributed by atoms with Crippen LogP contribution in [0.4, 0.5) is 0 Å². The van der Waals surface area contributed by atoms with Crippen LogP contribution >= 0.6 is 11.8 Å². The second kappa shape index (κ2) is 10.9. The number of hydrogen-bond donors (Lipinski definition) is 0. The van der Waals surface area contributed by atoms with Crippen molar-refractivity contribution in [2.24, 2.45) is 0 Å². The molecule has 0 aliphatic carbocycles. The lowest BCUT2D eigenvalue weighted by molar-refractivity contribution is -0.134. The third-order valence-electron chi connectivity index (χ3n) is 6.12. The van der Waals surface area contributed by atoms with E-state index in [0.29, 0.717) is 30.9 Å². The van der Waals surface area contributed by atoms with E-state index in [1.54, 1.807) is 0 Å². The number of amides is 1. The number of thioether (sulfide) groups is 1. The predicted molar refractivity (Wildman–Crippen MR) is 132 cm³/mol. The number of piperidine rings is 1. The molecule has 0 spiro atoms. The van der Waals surface area contributed by atoms with E-state index in [1.807, 2.05) is 49.4 Å².